The van der Waals surface area contributed by atoms with Gasteiger partial charge in [0.25, 0.3) is 5.91 Å². The van der Waals surface area contributed by atoms with Gasteiger partial charge in [0.15, 0.2) is 11.5 Å². The van der Waals surface area contributed by atoms with Crippen LogP contribution in [0.3, 0.4) is 0 Å². The van der Waals surface area contributed by atoms with Crippen LogP contribution in [0.5, 0.6) is 11.5 Å². The highest BCUT2D eigenvalue weighted by atomic mass is 32.2. The molecular formula is C18H19N7O4S. The van der Waals surface area contributed by atoms with Gasteiger partial charge < -0.3 is 9.47 Å². The van der Waals surface area contributed by atoms with E-state index in [2.05, 4.69) is 31.0 Å². The lowest BCUT2D eigenvalue weighted by Gasteiger charge is -2.08. The van der Waals surface area contributed by atoms with Crippen LogP contribution in [0, 0.1) is 0 Å². The lowest BCUT2D eigenvalue weighted by molar-refractivity contribution is -0.122. The van der Waals surface area contributed by atoms with Crippen molar-refractivity contribution in [3.8, 4) is 22.9 Å². The molecule has 0 radical (unpaired) electrons. The minimum Gasteiger partial charge on any atom is -0.493 e. The molecule has 0 bridgehead atoms. The van der Waals surface area contributed by atoms with Crippen LogP contribution in [-0.4, -0.2) is 46.4 Å². The summed E-state index contributed by atoms with van der Waals surface area (Å²) in [6.45, 7) is -0.230. The number of hydrogen-bond acceptors (Lipinski definition) is 8. The Kier molecular flexibility index (Phi) is 7.05. The van der Waals surface area contributed by atoms with Crippen LogP contribution in [0.4, 0.5) is 4.79 Å². The number of carbonyl (C=O) groups is 2. The van der Waals surface area contributed by atoms with Crippen molar-refractivity contribution in [2.24, 2.45) is 0 Å². The molecule has 12 heteroatoms. The van der Waals surface area contributed by atoms with E-state index >= 15 is 0 Å². The molecule has 3 rings (SSSR count). The second-order valence-electron chi connectivity index (χ2n) is 5.73. The monoisotopic (exact) mass is 429 g/mol. The highest BCUT2D eigenvalue weighted by Gasteiger charge is 2.13. The van der Waals surface area contributed by atoms with Crippen molar-refractivity contribution in [2.45, 2.75) is 11.4 Å². The number of nitrogens with one attached hydrogen (secondary N) is 3. The number of carbonyl (C=O) groups excluding carboxylic acids is 2. The molecule has 0 aliphatic heterocycles. The van der Waals surface area contributed by atoms with Gasteiger partial charge in [-0.25, -0.2) is 10.2 Å². The van der Waals surface area contributed by atoms with Crippen LogP contribution in [-0.2, 0) is 11.3 Å². The second kappa shape index (κ2) is 10.1. The standard InChI is InChI=1S/C18H19N7O4S/c1-28-14-9-8-12(10-15(14)29-2)17-20-24-25(22-17)11-16(26)19-21-18(27)23-30-13-6-4-3-5-7-13/h3-10H,11H2,1-2H3,(H,19,26)(H2,21,23,27). The van der Waals surface area contributed by atoms with Gasteiger partial charge in [0, 0.05) is 10.5 Å². The van der Waals surface area contributed by atoms with Crippen LogP contribution in [0.1, 0.15) is 0 Å². The number of amides is 3. The number of aromatic nitrogens is 4. The zero-order chi connectivity index (χ0) is 21.3. The average molecular weight is 429 g/mol. The molecule has 156 valence electrons. The van der Waals surface area contributed by atoms with E-state index in [1.807, 2.05) is 30.3 Å². The van der Waals surface area contributed by atoms with E-state index in [-0.39, 0.29) is 6.54 Å². The fourth-order valence-corrected chi connectivity index (χ4v) is 2.87. The van der Waals surface area contributed by atoms with Gasteiger partial charge in [-0.1, -0.05) is 18.2 Å². The summed E-state index contributed by atoms with van der Waals surface area (Å²) < 4.78 is 13.0. The van der Waals surface area contributed by atoms with Crippen molar-refractivity contribution in [1.29, 1.82) is 0 Å². The van der Waals surface area contributed by atoms with Crippen LogP contribution in [0.25, 0.3) is 11.4 Å². The van der Waals surface area contributed by atoms with Crippen molar-refractivity contribution in [2.75, 3.05) is 14.2 Å². The molecule has 0 fully saturated rings. The summed E-state index contributed by atoms with van der Waals surface area (Å²) in [5.74, 6) is 0.885. The number of rotatable bonds is 7. The van der Waals surface area contributed by atoms with E-state index in [0.29, 0.717) is 22.9 Å². The Balaban J connectivity index is 1.49. The van der Waals surface area contributed by atoms with Crippen molar-refractivity contribution in [3.63, 3.8) is 0 Å². The molecule has 0 aliphatic carbocycles. The quantitative estimate of drug-likeness (QED) is 0.379. The lowest BCUT2D eigenvalue weighted by atomic mass is 10.2. The smallest absolute Gasteiger partial charge is 0.343 e. The van der Waals surface area contributed by atoms with Gasteiger partial charge in [-0.2, -0.15) is 4.80 Å². The third kappa shape index (κ3) is 5.61. The third-order valence-corrected chi connectivity index (χ3v) is 4.50. The predicted molar refractivity (Wildman–Crippen MR) is 108 cm³/mol. The highest BCUT2D eigenvalue weighted by molar-refractivity contribution is 7.98. The zero-order valence-electron chi connectivity index (χ0n) is 16.2. The Hall–Kier alpha value is -3.80. The molecule has 1 aromatic heterocycles. The van der Waals surface area contributed by atoms with Gasteiger partial charge in [-0.3, -0.25) is 14.9 Å². The first kappa shape index (κ1) is 20.9. The van der Waals surface area contributed by atoms with E-state index in [4.69, 9.17) is 9.47 Å². The largest absolute Gasteiger partial charge is 0.493 e. The Bertz CT molecular complexity index is 1010. The van der Waals surface area contributed by atoms with Gasteiger partial charge in [-0.15, -0.1) is 10.2 Å². The maximum absolute atomic E-state index is 12.0. The number of tetrazole rings is 1. The Morgan fingerprint density at radius 3 is 2.53 bits per heavy atom. The van der Waals surface area contributed by atoms with Crippen LogP contribution in [0.15, 0.2) is 53.4 Å². The predicted octanol–water partition coefficient (Wildman–Crippen LogP) is 1.39. The van der Waals surface area contributed by atoms with E-state index < -0.39 is 11.9 Å². The Labute approximate surface area is 176 Å². The Morgan fingerprint density at radius 2 is 1.80 bits per heavy atom. The fourth-order valence-electron chi connectivity index (χ4n) is 2.31. The lowest BCUT2D eigenvalue weighted by Crippen LogP contribution is -2.46. The maximum atomic E-state index is 12.0. The SMILES string of the molecule is COc1ccc(-c2nnn(CC(=O)NNC(=O)NSc3ccccc3)n2)cc1OC. The molecular weight excluding hydrogens is 410 g/mol. The Morgan fingerprint density at radius 1 is 1.03 bits per heavy atom. The minimum absolute atomic E-state index is 0.230. The summed E-state index contributed by atoms with van der Waals surface area (Å²) in [6, 6.07) is 13.9. The van der Waals surface area contributed by atoms with Gasteiger partial charge in [0.05, 0.1) is 14.2 Å². The number of nitrogens with zero attached hydrogens (tertiary/aromatic N) is 4. The van der Waals surface area contributed by atoms with E-state index in [1.54, 1.807) is 25.3 Å². The molecule has 0 saturated carbocycles. The van der Waals surface area contributed by atoms with E-state index in [1.165, 1.54) is 7.11 Å². The first-order chi connectivity index (χ1) is 14.6. The number of hydrazine groups is 1. The first-order valence-corrected chi connectivity index (χ1v) is 9.47. The molecule has 0 spiro atoms. The first-order valence-electron chi connectivity index (χ1n) is 8.66. The molecule has 3 amide bonds. The third-order valence-electron chi connectivity index (χ3n) is 3.70. The summed E-state index contributed by atoms with van der Waals surface area (Å²) in [5.41, 5.74) is 5.17. The molecule has 3 aromatic rings. The van der Waals surface area contributed by atoms with Crippen LogP contribution in [0.2, 0.25) is 0 Å². The molecule has 0 aliphatic rings. The second-order valence-corrected chi connectivity index (χ2v) is 6.61. The molecule has 0 atom stereocenters. The number of hydrogen-bond donors (Lipinski definition) is 3. The summed E-state index contributed by atoms with van der Waals surface area (Å²) >= 11 is 1.12. The summed E-state index contributed by atoms with van der Waals surface area (Å²) in [6.07, 6.45) is 0. The molecule has 11 nitrogen and oxygen atoms in total. The highest BCUT2D eigenvalue weighted by Crippen LogP contribution is 2.30. The van der Waals surface area contributed by atoms with Crippen LogP contribution < -0.4 is 25.0 Å². The summed E-state index contributed by atoms with van der Waals surface area (Å²) in [4.78, 5) is 25.7. The zero-order valence-corrected chi connectivity index (χ0v) is 17.0. The van der Waals surface area contributed by atoms with Crippen molar-refractivity contribution in [1.82, 2.24) is 35.8 Å². The van der Waals surface area contributed by atoms with E-state index in [9.17, 15) is 9.59 Å². The summed E-state index contributed by atoms with van der Waals surface area (Å²) in [5, 5.41) is 11.9. The molecule has 0 unspecified atom stereocenters. The average Bonchev–Trinajstić information content (AvgIpc) is 3.24. The van der Waals surface area contributed by atoms with Crippen molar-refractivity contribution in [3.05, 3.63) is 48.5 Å². The molecule has 0 saturated heterocycles. The molecule has 3 N–H and O–H groups in total. The van der Waals surface area contributed by atoms with Crippen molar-refractivity contribution >= 4 is 23.9 Å². The number of benzene rings is 2. The maximum Gasteiger partial charge on any atom is 0.343 e. The molecule has 2 aromatic carbocycles. The normalized spacial score (nSPS) is 10.2. The van der Waals surface area contributed by atoms with Crippen molar-refractivity contribution < 1.29 is 19.1 Å². The fraction of sp³-hybridized carbons (Fsp3) is 0.167. The van der Waals surface area contributed by atoms with Gasteiger partial charge in [-0.05, 0) is 47.5 Å². The van der Waals surface area contributed by atoms with Gasteiger partial charge >= 0.3 is 6.03 Å². The molecule has 30 heavy (non-hydrogen) atoms. The summed E-state index contributed by atoms with van der Waals surface area (Å²) in [7, 11) is 3.07. The number of methoxy groups -OCH3 is 2. The van der Waals surface area contributed by atoms with Gasteiger partial charge in [0.2, 0.25) is 5.82 Å². The number of urea groups is 1. The minimum atomic E-state index is -0.574. The van der Waals surface area contributed by atoms with E-state index in [0.717, 1.165) is 21.6 Å². The van der Waals surface area contributed by atoms with Gasteiger partial charge in [0.1, 0.15) is 6.54 Å². The molecule has 1 heterocycles. The number of ether oxygens (including phenoxy) is 2. The van der Waals surface area contributed by atoms with Crippen LogP contribution >= 0.6 is 11.9 Å². The topological polar surface area (TPSA) is 132 Å².